The van der Waals surface area contributed by atoms with Gasteiger partial charge < -0.3 is 4.74 Å². The molecule has 0 atom stereocenters. The summed E-state index contributed by atoms with van der Waals surface area (Å²) in [6, 6.07) is 3.26. The van der Waals surface area contributed by atoms with Crippen molar-refractivity contribution in [3.05, 3.63) is 29.6 Å². The van der Waals surface area contributed by atoms with E-state index in [0.29, 0.717) is 0 Å². The highest BCUT2D eigenvalue weighted by molar-refractivity contribution is 7.89. The van der Waals surface area contributed by atoms with Crippen LogP contribution in [0.1, 0.15) is 18.4 Å². The molecule has 0 unspecified atom stereocenters. The molecule has 0 spiro atoms. The van der Waals surface area contributed by atoms with Crippen LogP contribution in [0.3, 0.4) is 0 Å². The number of rotatable bonds is 3. The van der Waals surface area contributed by atoms with Crippen LogP contribution in [0.25, 0.3) is 0 Å². The molecule has 0 amide bonds. The minimum atomic E-state index is -4.77. The van der Waals surface area contributed by atoms with Crippen molar-refractivity contribution >= 4 is 10.0 Å². The summed E-state index contributed by atoms with van der Waals surface area (Å²) in [6.07, 6.45) is -5.82. The zero-order valence-electron chi connectivity index (χ0n) is 11.7. The van der Waals surface area contributed by atoms with Crippen molar-refractivity contribution in [2.45, 2.75) is 36.4 Å². The smallest absolute Gasteiger partial charge is 0.381 e. The SMILES string of the molecule is Cc1c(F)cccc1S(=O)(=O)NC1(C(F)(F)F)CCOCC1. The Balaban J connectivity index is 2.43. The van der Waals surface area contributed by atoms with E-state index < -0.39 is 45.3 Å². The van der Waals surface area contributed by atoms with Crippen LogP contribution in [-0.2, 0) is 14.8 Å². The second kappa shape index (κ2) is 5.78. The molecule has 1 fully saturated rings. The van der Waals surface area contributed by atoms with Gasteiger partial charge in [0.25, 0.3) is 0 Å². The van der Waals surface area contributed by atoms with E-state index in [1.54, 1.807) is 4.72 Å². The minimum Gasteiger partial charge on any atom is -0.381 e. The van der Waals surface area contributed by atoms with Crippen LogP contribution in [-0.4, -0.2) is 33.3 Å². The Kier molecular flexibility index (Phi) is 4.51. The monoisotopic (exact) mass is 341 g/mol. The predicted octanol–water partition coefficient (Wildman–Crippen LogP) is 2.52. The number of alkyl halides is 3. The van der Waals surface area contributed by atoms with Gasteiger partial charge in [-0.25, -0.2) is 12.8 Å². The van der Waals surface area contributed by atoms with E-state index in [1.807, 2.05) is 0 Å². The van der Waals surface area contributed by atoms with E-state index in [0.717, 1.165) is 18.2 Å². The lowest BCUT2D eigenvalue weighted by molar-refractivity contribution is -0.210. The molecule has 1 aliphatic heterocycles. The van der Waals surface area contributed by atoms with Gasteiger partial charge in [-0.05, 0) is 31.9 Å². The van der Waals surface area contributed by atoms with Gasteiger partial charge in [-0.1, -0.05) is 6.07 Å². The fourth-order valence-electron chi connectivity index (χ4n) is 2.35. The third-order valence-corrected chi connectivity index (χ3v) is 5.41. The van der Waals surface area contributed by atoms with Crippen LogP contribution in [0.2, 0.25) is 0 Å². The standard InChI is InChI=1S/C13H15F4NO3S/c1-9-10(14)3-2-4-11(9)22(19,20)18-12(13(15,16)17)5-7-21-8-6-12/h2-4,18H,5-8H2,1H3. The van der Waals surface area contributed by atoms with Crippen molar-refractivity contribution in [1.29, 1.82) is 0 Å². The lowest BCUT2D eigenvalue weighted by Crippen LogP contribution is -2.61. The summed E-state index contributed by atoms with van der Waals surface area (Å²) in [5.41, 5.74) is -2.82. The molecule has 124 valence electrons. The van der Waals surface area contributed by atoms with Crippen molar-refractivity contribution < 1.29 is 30.7 Å². The first-order valence-corrected chi connectivity index (χ1v) is 8.01. The fraction of sp³-hybridized carbons (Fsp3) is 0.538. The quantitative estimate of drug-likeness (QED) is 0.860. The minimum absolute atomic E-state index is 0.204. The van der Waals surface area contributed by atoms with E-state index in [9.17, 15) is 26.0 Å². The Morgan fingerprint density at radius 2 is 1.82 bits per heavy atom. The van der Waals surface area contributed by atoms with Gasteiger partial charge in [-0.15, -0.1) is 0 Å². The van der Waals surface area contributed by atoms with E-state index in [1.165, 1.54) is 6.92 Å². The average molecular weight is 341 g/mol. The number of ether oxygens (including phenoxy) is 1. The van der Waals surface area contributed by atoms with Gasteiger partial charge in [0.2, 0.25) is 10.0 Å². The summed E-state index contributed by atoms with van der Waals surface area (Å²) in [6.45, 7) is 0.794. The molecule has 22 heavy (non-hydrogen) atoms. The number of nitrogens with one attached hydrogen (secondary N) is 1. The maximum Gasteiger partial charge on any atom is 0.407 e. The molecule has 0 saturated carbocycles. The number of benzene rings is 1. The summed E-state index contributed by atoms with van der Waals surface area (Å²) in [5, 5.41) is 0. The molecular formula is C13H15F4NO3S. The molecule has 1 aromatic carbocycles. The Labute approximate surface area is 125 Å². The zero-order valence-corrected chi connectivity index (χ0v) is 12.5. The fourth-order valence-corrected chi connectivity index (χ4v) is 4.06. The second-order valence-corrected chi connectivity index (χ2v) is 6.81. The Morgan fingerprint density at radius 3 is 2.36 bits per heavy atom. The topological polar surface area (TPSA) is 55.4 Å². The Hall–Kier alpha value is -1.19. The van der Waals surface area contributed by atoms with Crippen LogP contribution in [0.5, 0.6) is 0 Å². The van der Waals surface area contributed by atoms with Crippen LogP contribution >= 0.6 is 0 Å². The molecule has 4 nitrogen and oxygen atoms in total. The average Bonchev–Trinajstić information content (AvgIpc) is 2.41. The third-order valence-electron chi connectivity index (χ3n) is 3.73. The Bertz CT molecular complexity index is 652. The maximum absolute atomic E-state index is 13.5. The van der Waals surface area contributed by atoms with Gasteiger partial charge in [-0.3, -0.25) is 0 Å². The van der Waals surface area contributed by atoms with Crippen molar-refractivity contribution in [2.75, 3.05) is 13.2 Å². The molecule has 1 saturated heterocycles. The van der Waals surface area contributed by atoms with Crippen LogP contribution in [0.4, 0.5) is 17.6 Å². The maximum atomic E-state index is 13.5. The first-order valence-electron chi connectivity index (χ1n) is 6.53. The largest absolute Gasteiger partial charge is 0.407 e. The van der Waals surface area contributed by atoms with Gasteiger partial charge in [-0.2, -0.15) is 17.9 Å². The summed E-state index contributed by atoms with van der Waals surface area (Å²) in [7, 11) is -4.52. The highest BCUT2D eigenvalue weighted by Crippen LogP contribution is 2.39. The number of hydrogen-bond acceptors (Lipinski definition) is 3. The molecule has 1 N–H and O–H groups in total. The zero-order chi connectivity index (χ0) is 16.6. The highest BCUT2D eigenvalue weighted by atomic mass is 32.2. The van der Waals surface area contributed by atoms with Gasteiger partial charge >= 0.3 is 6.18 Å². The molecular weight excluding hydrogens is 326 g/mol. The van der Waals surface area contributed by atoms with E-state index in [-0.39, 0.29) is 18.8 Å². The van der Waals surface area contributed by atoms with Gasteiger partial charge in [0.1, 0.15) is 11.4 Å². The van der Waals surface area contributed by atoms with E-state index >= 15 is 0 Å². The third kappa shape index (κ3) is 3.11. The molecule has 0 radical (unpaired) electrons. The summed E-state index contributed by atoms with van der Waals surface area (Å²) in [4.78, 5) is -0.498. The number of halogens is 4. The summed E-state index contributed by atoms with van der Waals surface area (Å²) < 4.78 is 84.8. The molecule has 0 aliphatic carbocycles. The normalized spacial score (nSPS) is 19.1. The lowest BCUT2D eigenvalue weighted by atomic mass is 9.91. The van der Waals surface area contributed by atoms with Crippen LogP contribution in [0, 0.1) is 12.7 Å². The molecule has 1 heterocycles. The first kappa shape index (κ1) is 17.2. The van der Waals surface area contributed by atoms with Crippen LogP contribution in [0.15, 0.2) is 23.1 Å². The van der Waals surface area contributed by atoms with Crippen molar-refractivity contribution in [3.63, 3.8) is 0 Å². The van der Waals surface area contributed by atoms with E-state index in [2.05, 4.69) is 0 Å². The van der Waals surface area contributed by atoms with Gasteiger partial charge in [0.15, 0.2) is 0 Å². The number of sulfonamides is 1. The summed E-state index contributed by atoms with van der Waals surface area (Å²) in [5.74, 6) is -0.795. The number of hydrogen-bond donors (Lipinski definition) is 1. The second-order valence-electron chi connectivity index (χ2n) is 5.16. The lowest BCUT2D eigenvalue weighted by Gasteiger charge is -2.39. The van der Waals surface area contributed by atoms with Crippen molar-refractivity contribution in [3.8, 4) is 0 Å². The van der Waals surface area contributed by atoms with Crippen molar-refractivity contribution in [1.82, 2.24) is 4.72 Å². The van der Waals surface area contributed by atoms with Gasteiger partial charge in [0, 0.05) is 18.8 Å². The van der Waals surface area contributed by atoms with Crippen LogP contribution < -0.4 is 4.72 Å². The molecule has 0 aromatic heterocycles. The summed E-state index contributed by atoms with van der Waals surface area (Å²) >= 11 is 0. The molecule has 1 aliphatic rings. The van der Waals surface area contributed by atoms with Crippen molar-refractivity contribution in [2.24, 2.45) is 0 Å². The first-order chi connectivity index (χ1) is 10.1. The molecule has 0 bridgehead atoms. The Morgan fingerprint density at radius 1 is 1.23 bits per heavy atom. The van der Waals surface area contributed by atoms with Gasteiger partial charge in [0.05, 0.1) is 4.90 Å². The highest BCUT2D eigenvalue weighted by Gasteiger charge is 2.57. The van der Waals surface area contributed by atoms with E-state index in [4.69, 9.17) is 4.74 Å². The predicted molar refractivity (Wildman–Crippen MR) is 70.3 cm³/mol. The molecule has 2 rings (SSSR count). The molecule has 9 heteroatoms. The molecule has 1 aromatic rings.